The summed E-state index contributed by atoms with van der Waals surface area (Å²) in [4.78, 5) is 24.4. The van der Waals surface area contributed by atoms with E-state index in [1.807, 2.05) is 26.8 Å². The molecule has 43 heteroatoms. The van der Waals surface area contributed by atoms with Gasteiger partial charge < -0.3 is 47.3 Å². The molecule has 0 aliphatic carbocycles. The number of nitrogens with one attached hydrogen (secondary N) is 2. The van der Waals surface area contributed by atoms with E-state index in [4.69, 9.17) is 37.2 Å². The van der Waals surface area contributed by atoms with Crippen LogP contribution in [-0.2, 0) is 81.7 Å². The van der Waals surface area contributed by atoms with Crippen molar-refractivity contribution in [3.8, 4) is 28.7 Å². The van der Waals surface area contributed by atoms with Crippen LogP contribution in [0.2, 0.25) is 0 Å². The molecule has 2 radical (unpaired) electrons. The molecule has 1 amide bonds. The summed E-state index contributed by atoms with van der Waals surface area (Å²) < 4.78 is 56.5. The zero-order chi connectivity index (χ0) is 83.6. The van der Waals surface area contributed by atoms with Crippen molar-refractivity contribution in [2.75, 3.05) is 43.3 Å². The number of benzene rings is 12. The van der Waals surface area contributed by atoms with Crippen LogP contribution in [0, 0.1) is 20.8 Å². The van der Waals surface area contributed by atoms with Crippen molar-refractivity contribution in [1.29, 1.82) is 0 Å². The minimum Gasteiger partial charge on any atom is -0.506 e. The van der Waals surface area contributed by atoms with Crippen LogP contribution < -0.4 is 26.8 Å². The molecular formula is C75H68Cu2N14O22S5. The molecule has 0 aliphatic heterocycles. The number of nitrogens with zero attached hydrogens (tertiary/aromatic N) is 10. The molecule has 622 valence electrons. The zero-order valence-electron chi connectivity index (χ0n) is 62.1. The molecule has 0 unspecified atom stereocenters. The Bertz CT molecular complexity index is 5820. The second kappa shape index (κ2) is 45.5. The number of rotatable bonds is 27. The Hall–Kier alpha value is -11.2. The first-order chi connectivity index (χ1) is 55.7. The second-order valence-corrected chi connectivity index (χ2v) is 28.2. The number of aromatic hydroxyl groups is 4. The predicted molar refractivity (Wildman–Crippen MR) is 434 cm³/mol. The fourth-order valence-corrected chi connectivity index (χ4v) is 12.9. The number of ketones is 1. The predicted octanol–water partition coefficient (Wildman–Crippen LogP) is 22.0. The molecule has 0 aliphatic rings. The van der Waals surface area contributed by atoms with Gasteiger partial charge in [-0.25, -0.2) is 21.0 Å². The zero-order valence-corrected chi connectivity index (χ0v) is 68.0. The maximum atomic E-state index is 12.6. The van der Waals surface area contributed by atoms with E-state index in [0.717, 1.165) is 34.4 Å². The third-order valence-corrected chi connectivity index (χ3v) is 19.4. The molecule has 0 aromatic heterocycles. The van der Waals surface area contributed by atoms with Crippen LogP contribution in [0.1, 0.15) is 44.3 Å². The molecule has 0 heterocycles. The van der Waals surface area contributed by atoms with Crippen LogP contribution in [0.25, 0.3) is 32.3 Å². The molecule has 0 saturated carbocycles. The van der Waals surface area contributed by atoms with E-state index in [0.29, 0.717) is 124 Å². The molecule has 118 heavy (non-hydrogen) atoms. The van der Waals surface area contributed by atoms with Crippen LogP contribution in [0.4, 0.5) is 73.9 Å². The quantitative estimate of drug-likeness (QED) is 0.00332. The fraction of sp³-hybridized carbons (Fsp3) is 0.0933. The number of carbonyl (C=O) groups is 2. The third-order valence-electron chi connectivity index (χ3n) is 16.1. The number of hydrogen-bond donors (Lipinski definition) is 13. The molecule has 12 rings (SSSR count). The molecule has 0 fully saturated rings. The van der Waals surface area contributed by atoms with Gasteiger partial charge in [-0.05, 0) is 236 Å². The van der Waals surface area contributed by atoms with E-state index >= 15 is 0 Å². The van der Waals surface area contributed by atoms with E-state index in [1.165, 1.54) is 38.3 Å². The number of phenols is 4. The number of aryl methyl sites for hydroxylation is 3. The van der Waals surface area contributed by atoms with Crippen molar-refractivity contribution in [3.05, 3.63) is 222 Å². The first-order valence-electron chi connectivity index (χ1n) is 33.1. The number of phenolic OH excluding ortho intramolecular Hbond substituents is 4. The number of nitrogens with two attached hydrogens (primary N) is 2. The van der Waals surface area contributed by atoms with Crippen molar-refractivity contribution in [1.82, 2.24) is 0 Å². The molecule has 0 spiro atoms. The molecule has 0 atom stereocenters. The van der Waals surface area contributed by atoms with Crippen molar-refractivity contribution < 1.29 is 140 Å². The van der Waals surface area contributed by atoms with Gasteiger partial charge in [0, 0.05) is 120 Å². The standard InChI is InChI=1S/C25H22N4O6S.C24H21N5O9S2.C18H16N4O6S2.C8H9NO.2Cu/c1-13-9-20(21(30)10-14(13)2)28-29-23-22(36-35-34-33)12-16-11-18(7-8-19(16)24(23)31)27-25(32)15-3-5-17(26)6-4-15;1-25-15-5-8-17-13(9-15)10-22(40-38-36-33)23(24(17)31)29-27-18-12-21(34-2)19(11-20(18)30)28-26-14-3-6-16(7-4-14)39-37-35-32;1-11-7-13(20-19-2)5-6-17(11)22-21-14-4-3-12-8-15(29-28-27-23)10-18(16(12)9-14)30(24,25)26;1-6(10)7-2-4-8(9)5-3-7;;/h3-12,30-31,33H,26H2,1-2H3,(H,27,32);3-12,25,30-33H,1-2H3;3-10,23H,1-2H3,(H,24,25,26);2-5H,9H2,1H3;;. The van der Waals surface area contributed by atoms with Gasteiger partial charge in [-0.15, -0.1) is 42.9 Å². The summed E-state index contributed by atoms with van der Waals surface area (Å²) in [5.41, 5.74) is 20.1. The van der Waals surface area contributed by atoms with E-state index in [9.17, 15) is 43.0 Å². The van der Waals surface area contributed by atoms with Gasteiger partial charge in [-0.2, -0.15) is 34.0 Å². The molecule has 12 aromatic rings. The van der Waals surface area contributed by atoms with Crippen molar-refractivity contribution in [2.45, 2.75) is 52.2 Å². The number of nitrogen functional groups attached to an aromatic ring is 2. The average Bonchev–Trinajstić information content (AvgIpc) is 0.787. The van der Waals surface area contributed by atoms with Gasteiger partial charge >= 0.3 is 0 Å². The van der Waals surface area contributed by atoms with Gasteiger partial charge in [0.05, 0.1) is 87.8 Å². The Morgan fingerprint density at radius 2 is 0.924 bits per heavy atom. The largest absolute Gasteiger partial charge is 0.506 e. The smallest absolute Gasteiger partial charge is 0.295 e. The first kappa shape index (κ1) is 94.0. The van der Waals surface area contributed by atoms with Gasteiger partial charge in [0.1, 0.15) is 50.6 Å². The van der Waals surface area contributed by atoms with Crippen molar-refractivity contribution >= 4 is 176 Å². The van der Waals surface area contributed by atoms with Crippen LogP contribution in [-0.4, -0.2) is 87.3 Å². The van der Waals surface area contributed by atoms with E-state index < -0.39 is 10.1 Å². The summed E-state index contributed by atoms with van der Waals surface area (Å²) in [5, 5.41) is 140. The maximum absolute atomic E-state index is 12.6. The number of fused-ring (bicyclic) bond motifs is 3. The van der Waals surface area contributed by atoms with Gasteiger partial charge in [0.2, 0.25) is 0 Å². The Balaban J connectivity index is 0.000000230. The maximum Gasteiger partial charge on any atom is 0.295 e. The van der Waals surface area contributed by atoms with Crippen LogP contribution >= 0.6 is 48.2 Å². The number of hydrogen-bond acceptors (Lipinski definition) is 38. The summed E-state index contributed by atoms with van der Waals surface area (Å²) >= 11 is 2.57. The summed E-state index contributed by atoms with van der Waals surface area (Å²) in [7, 11) is 0.217. The van der Waals surface area contributed by atoms with Gasteiger partial charge in [0.15, 0.2) is 17.3 Å². The van der Waals surface area contributed by atoms with E-state index in [-0.39, 0.29) is 123 Å². The van der Waals surface area contributed by atoms with E-state index in [2.05, 4.69) is 99.3 Å². The molecule has 0 bridgehead atoms. The van der Waals surface area contributed by atoms with Gasteiger partial charge in [-0.3, -0.25) is 14.1 Å². The Morgan fingerprint density at radius 1 is 0.441 bits per heavy atom. The number of amides is 1. The van der Waals surface area contributed by atoms with Gasteiger partial charge in [-0.1, -0.05) is 26.2 Å². The minimum atomic E-state index is -4.54. The molecular weight excluding hydrogens is 1740 g/mol. The van der Waals surface area contributed by atoms with Crippen molar-refractivity contribution in [3.63, 3.8) is 0 Å². The van der Waals surface area contributed by atoms with Crippen LogP contribution in [0.3, 0.4) is 0 Å². The average molecular weight is 1800 g/mol. The molecule has 36 nitrogen and oxygen atoms in total. The van der Waals surface area contributed by atoms with Crippen LogP contribution in [0.15, 0.2) is 270 Å². The normalized spacial score (nSPS) is 11.3. The first-order valence-corrected chi connectivity index (χ1v) is 37.5. The SMILES string of the molecule is CC(=O)c1ccc(N)cc1.CN=Nc1ccc(N=Nc2ccc3cc(SOOO)cc(S(=O)(=O)O)c3c2)c(C)c1.CNc1ccc2c(O)c(N=Nc3cc(OC)c(N=Nc4ccc(SOOO)cc4)cc3O)c(SOOO)cc2c1.Cc1cc(O)c(N=Nc2c(SOOO)cc3cc(NC(=O)c4ccc(N)cc4)ccc3c2O)cc1C.[Cu].[Cu]. The fourth-order valence-electron chi connectivity index (χ4n) is 10.3. The summed E-state index contributed by atoms with van der Waals surface area (Å²) in [5.74, 6) is -0.791. The van der Waals surface area contributed by atoms with Crippen LogP contribution in [0.5, 0.6) is 28.7 Å². The number of Topliss-reactive ketones (excluding diaryl/α,β-unsaturated/α-hetero) is 1. The minimum absolute atomic E-state index is 0. The summed E-state index contributed by atoms with van der Waals surface area (Å²) in [6.45, 7) is 7.12. The Morgan fingerprint density at radius 3 is 1.47 bits per heavy atom. The summed E-state index contributed by atoms with van der Waals surface area (Å²) in [6.07, 6.45) is 0. The molecule has 12 aromatic carbocycles. The van der Waals surface area contributed by atoms with Crippen molar-refractivity contribution in [2.24, 2.45) is 51.1 Å². The number of methoxy groups -OCH3 is 1. The monoisotopic (exact) mass is 1800 g/mol. The molecule has 15 N–H and O–H groups in total. The molecule has 0 saturated heterocycles. The summed E-state index contributed by atoms with van der Waals surface area (Å²) in [6, 6.07) is 52.3. The number of ether oxygens (including phenoxy) is 1. The Labute approximate surface area is 709 Å². The number of carbonyl (C=O) groups excluding carboxylic acids is 2. The number of azo groups is 5. The topological polar surface area (TPSA) is 533 Å². The Kier molecular flexibility index (Phi) is 36.3. The number of anilines is 4. The van der Waals surface area contributed by atoms with Gasteiger partial charge in [0.25, 0.3) is 16.0 Å². The third kappa shape index (κ3) is 26.2. The second-order valence-electron chi connectivity index (χ2n) is 23.7. The van der Waals surface area contributed by atoms with E-state index in [1.54, 1.807) is 178 Å².